The molecular weight excluding hydrogens is 255 g/mol. The van der Waals surface area contributed by atoms with Crippen LogP contribution in [0.3, 0.4) is 0 Å². The second-order valence-electron chi connectivity index (χ2n) is 4.36. The number of nitrogens with zero attached hydrogens (tertiary/aromatic N) is 2. The standard InChI is InChI=1S/C12H14ClFN4/c1-6(2)12-17-10(11(15)18(12)16)7-3-4-9(14)8(13)5-7/h3-6H,15-16H2,1-2H3. The third-order valence-electron chi connectivity index (χ3n) is 2.68. The molecule has 18 heavy (non-hydrogen) atoms. The van der Waals surface area contributed by atoms with Gasteiger partial charge < -0.3 is 11.6 Å². The van der Waals surface area contributed by atoms with E-state index in [4.69, 9.17) is 23.2 Å². The number of anilines is 1. The van der Waals surface area contributed by atoms with Crippen LogP contribution in [0.4, 0.5) is 10.2 Å². The number of imidazole rings is 1. The van der Waals surface area contributed by atoms with Gasteiger partial charge in [-0.1, -0.05) is 25.4 Å². The molecule has 96 valence electrons. The Morgan fingerprint density at radius 2 is 2.06 bits per heavy atom. The largest absolute Gasteiger partial charge is 0.382 e. The number of nitrogen functional groups attached to an aromatic ring is 2. The van der Waals surface area contributed by atoms with Crippen LogP contribution < -0.4 is 11.6 Å². The van der Waals surface area contributed by atoms with Gasteiger partial charge >= 0.3 is 0 Å². The first-order valence-electron chi connectivity index (χ1n) is 5.50. The molecule has 0 aliphatic rings. The first kappa shape index (κ1) is 12.7. The van der Waals surface area contributed by atoms with Gasteiger partial charge in [0, 0.05) is 11.5 Å². The first-order valence-corrected chi connectivity index (χ1v) is 5.88. The highest BCUT2D eigenvalue weighted by atomic mass is 35.5. The normalized spacial score (nSPS) is 11.2. The van der Waals surface area contributed by atoms with Crippen molar-refractivity contribution in [3.8, 4) is 11.3 Å². The molecule has 0 saturated carbocycles. The highest BCUT2D eigenvalue weighted by Crippen LogP contribution is 2.30. The van der Waals surface area contributed by atoms with Gasteiger partial charge in [0.2, 0.25) is 0 Å². The zero-order chi connectivity index (χ0) is 13.4. The zero-order valence-electron chi connectivity index (χ0n) is 10.1. The number of rotatable bonds is 2. The highest BCUT2D eigenvalue weighted by Gasteiger charge is 2.17. The van der Waals surface area contributed by atoms with Gasteiger partial charge in [0.1, 0.15) is 17.3 Å². The van der Waals surface area contributed by atoms with Crippen molar-refractivity contribution in [2.75, 3.05) is 11.6 Å². The monoisotopic (exact) mass is 268 g/mol. The molecule has 0 unspecified atom stereocenters. The van der Waals surface area contributed by atoms with Crippen molar-refractivity contribution in [1.82, 2.24) is 9.66 Å². The third-order valence-corrected chi connectivity index (χ3v) is 2.97. The Morgan fingerprint density at radius 1 is 1.39 bits per heavy atom. The van der Waals surface area contributed by atoms with Crippen molar-refractivity contribution in [2.45, 2.75) is 19.8 Å². The summed E-state index contributed by atoms with van der Waals surface area (Å²) in [7, 11) is 0. The quantitative estimate of drug-likeness (QED) is 0.823. The molecule has 0 bridgehead atoms. The maximum Gasteiger partial charge on any atom is 0.150 e. The van der Waals surface area contributed by atoms with E-state index < -0.39 is 5.82 Å². The SMILES string of the molecule is CC(C)c1nc(-c2ccc(F)c(Cl)c2)c(N)n1N. The molecule has 0 atom stereocenters. The van der Waals surface area contributed by atoms with Gasteiger partial charge in [0.15, 0.2) is 5.82 Å². The number of aromatic nitrogens is 2. The second kappa shape index (κ2) is 4.49. The Morgan fingerprint density at radius 3 is 2.56 bits per heavy atom. The number of nitrogens with two attached hydrogens (primary N) is 2. The summed E-state index contributed by atoms with van der Waals surface area (Å²) in [6, 6.07) is 4.34. The maximum absolute atomic E-state index is 13.1. The minimum absolute atomic E-state index is 0.0320. The van der Waals surface area contributed by atoms with Crippen LogP contribution in [0.2, 0.25) is 5.02 Å². The fourth-order valence-corrected chi connectivity index (χ4v) is 1.91. The lowest BCUT2D eigenvalue weighted by Gasteiger charge is -2.04. The van der Waals surface area contributed by atoms with E-state index in [9.17, 15) is 4.39 Å². The van der Waals surface area contributed by atoms with Crippen molar-refractivity contribution in [2.24, 2.45) is 0 Å². The van der Waals surface area contributed by atoms with Crippen LogP contribution in [0.15, 0.2) is 18.2 Å². The summed E-state index contributed by atoms with van der Waals surface area (Å²) in [5.41, 5.74) is 7.06. The molecule has 1 aromatic carbocycles. The summed E-state index contributed by atoms with van der Waals surface area (Å²) in [5, 5.41) is 0.0320. The molecule has 2 rings (SSSR count). The summed E-state index contributed by atoms with van der Waals surface area (Å²) >= 11 is 5.74. The highest BCUT2D eigenvalue weighted by molar-refractivity contribution is 6.31. The molecule has 4 N–H and O–H groups in total. The van der Waals surface area contributed by atoms with Crippen molar-refractivity contribution < 1.29 is 4.39 Å². The number of halogens is 2. The average molecular weight is 269 g/mol. The van der Waals surface area contributed by atoms with Gasteiger partial charge in [0.05, 0.1) is 5.02 Å². The summed E-state index contributed by atoms with van der Waals surface area (Å²) in [4.78, 5) is 4.38. The first-order chi connectivity index (χ1) is 8.41. The molecular formula is C12H14ClFN4. The van der Waals surface area contributed by atoms with Gasteiger partial charge in [-0.05, 0) is 18.2 Å². The molecule has 0 radical (unpaired) electrons. The van der Waals surface area contributed by atoms with Gasteiger partial charge in [0.25, 0.3) is 0 Å². The van der Waals surface area contributed by atoms with E-state index in [1.54, 1.807) is 6.07 Å². The van der Waals surface area contributed by atoms with Gasteiger partial charge in [-0.3, -0.25) is 0 Å². The van der Waals surface area contributed by atoms with Crippen molar-refractivity contribution >= 4 is 17.4 Å². The van der Waals surface area contributed by atoms with E-state index in [-0.39, 0.29) is 10.9 Å². The molecule has 2 aromatic rings. The summed E-state index contributed by atoms with van der Waals surface area (Å²) in [6.07, 6.45) is 0. The van der Waals surface area contributed by atoms with Crippen molar-refractivity contribution in [1.29, 1.82) is 0 Å². The van der Waals surface area contributed by atoms with Crippen molar-refractivity contribution in [3.05, 3.63) is 34.9 Å². The van der Waals surface area contributed by atoms with Crippen LogP contribution in [0, 0.1) is 5.82 Å². The zero-order valence-corrected chi connectivity index (χ0v) is 10.9. The predicted octanol–water partition coefficient (Wildman–Crippen LogP) is 2.76. The smallest absolute Gasteiger partial charge is 0.150 e. The van der Waals surface area contributed by atoms with Gasteiger partial charge in [-0.2, -0.15) is 0 Å². The number of hydrogen-bond donors (Lipinski definition) is 2. The Bertz CT molecular complexity index is 592. The molecule has 6 heteroatoms. The molecule has 0 amide bonds. The van der Waals surface area contributed by atoms with E-state index >= 15 is 0 Å². The lowest BCUT2D eigenvalue weighted by molar-refractivity contribution is 0.628. The average Bonchev–Trinajstić information content (AvgIpc) is 2.60. The Kier molecular flexibility index (Phi) is 3.17. The topological polar surface area (TPSA) is 69.9 Å². The fourth-order valence-electron chi connectivity index (χ4n) is 1.73. The molecule has 0 aliphatic carbocycles. The summed E-state index contributed by atoms with van der Waals surface area (Å²) in [6.45, 7) is 3.93. The van der Waals surface area contributed by atoms with Gasteiger partial charge in [-0.15, -0.1) is 0 Å². The molecule has 0 fully saturated rings. The van der Waals surface area contributed by atoms with Crippen LogP contribution in [0.5, 0.6) is 0 Å². The molecule has 0 aliphatic heterocycles. The van der Waals surface area contributed by atoms with E-state index in [2.05, 4.69) is 4.98 Å². The Balaban J connectivity index is 2.57. The van der Waals surface area contributed by atoms with Crippen molar-refractivity contribution in [3.63, 3.8) is 0 Å². The second-order valence-corrected chi connectivity index (χ2v) is 4.76. The molecule has 4 nitrogen and oxygen atoms in total. The number of benzene rings is 1. The van der Waals surface area contributed by atoms with Crippen LogP contribution in [0.1, 0.15) is 25.6 Å². The van der Waals surface area contributed by atoms with E-state index in [0.29, 0.717) is 22.9 Å². The predicted molar refractivity (Wildman–Crippen MR) is 71.3 cm³/mol. The molecule has 0 spiro atoms. The maximum atomic E-state index is 13.1. The molecule has 1 aromatic heterocycles. The lowest BCUT2D eigenvalue weighted by atomic mass is 10.1. The minimum atomic E-state index is -0.477. The molecule has 0 saturated heterocycles. The summed E-state index contributed by atoms with van der Waals surface area (Å²) < 4.78 is 14.5. The van der Waals surface area contributed by atoms with Crippen LogP contribution in [-0.2, 0) is 0 Å². The van der Waals surface area contributed by atoms with Gasteiger partial charge in [-0.25, -0.2) is 14.1 Å². The van der Waals surface area contributed by atoms with E-state index in [1.165, 1.54) is 16.8 Å². The third kappa shape index (κ3) is 2.01. The fraction of sp³-hybridized carbons (Fsp3) is 0.250. The number of hydrogen-bond acceptors (Lipinski definition) is 3. The minimum Gasteiger partial charge on any atom is -0.382 e. The van der Waals surface area contributed by atoms with Crippen LogP contribution in [0.25, 0.3) is 11.3 Å². The van der Waals surface area contributed by atoms with Crippen LogP contribution in [-0.4, -0.2) is 9.66 Å². The Labute approximate surface area is 109 Å². The van der Waals surface area contributed by atoms with Crippen LogP contribution >= 0.6 is 11.6 Å². The van der Waals surface area contributed by atoms with E-state index in [1.807, 2.05) is 13.8 Å². The molecule has 1 heterocycles. The summed E-state index contributed by atoms with van der Waals surface area (Å²) in [5.74, 6) is 6.50. The van der Waals surface area contributed by atoms with E-state index in [0.717, 1.165) is 0 Å². The Hall–Kier alpha value is -1.75. The lowest BCUT2D eigenvalue weighted by Crippen LogP contribution is -2.16.